The molecule has 0 unspecified atom stereocenters. The van der Waals surface area contributed by atoms with Crippen LogP contribution in [0.2, 0.25) is 0 Å². The molecule has 3 rings (SSSR count). The molecule has 0 atom stereocenters. The summed E-state index contributed by atoms with van der Waals surface area (Å²) in [7, 11) is 1.64. The van der Waals surface area contributed by atoms with E-state index in [1.807, 2.05) is 48.5 Å². The number of hydrogen-bond acceptors (Lipinski definition) is 3. The van der Waals surface area contributed by atoms with Crippen LogP contribution in [0.5, 0.6) is 5.75 Å². The Kier molecular flexibility index (Phi) is 6.04. The van der Waals surface area contributed by atoms with Crippen LogP contribution in [0.4, 0.5) is 0 Å². The second-order valence-corrected chi connectivity index (χ2v) is 6.27. The largest absolute Gasteiger partial charge is 0.497 e. The molecule has 1 saturated heterocycles. The van der Waals surface area contributed by atoms with E-state index in [0.29, 0.717) is 12.1 Å². The normalized spacial score (nSPS) is 14.9. The van der Waals surface area contributed by atoms with Gasteiger partial charge in [-0.15, -0.1) is 0 Å². The van der Waals surface area contributed by atoms with Gasteiger partial charge >= 0.3 is 0 Å². The van der Waals surface area contributed by atoms with Crippen molar-refractivity contribution in [1.29, 1.82) is 0 Å². The Morgan fingerprint density at radius 3 is 2.32 bits per heavy atom. The van der Waals surface area contributed by atoms with Crippen LogP contribution in [-0.2, 0) is 17.8 Å². The fraction of sp³-hybridized carbons (Fsp3) is 0.350. The van der Waals surface area contributed by atoms with Crippen LogP contribution in [0.15, 0.2) is 48.5 Å². The van der Waals surface area contributed by atoms with E-state index in [-0.39, 0.29) is 5.91 Å². The number of amides is 1. The molecule has 132 valence electrons. The maximum absolute atomic E-state index is 12.3. The summed E-state index contributed by atoms with van der Waals surface area (Å²) in [6.45, 7) is 5.25. The zero-order valence-electron chi connectivity index (χ0n) is 14.6. The summed E-state index contributed by atoms with van der Waals surface area (Å²) in [6.07, 6.45) is 0. The van der Waals surface area contributed by atoms with Crippen molar-refractivity contribution >= 4 is 5.91 Å². The Balaban J connectivity index is 1.51. The van der Waals surface area contributed by atoms with E-state index < -0.39 is 0 Å². The van der Waals surface area contributed by atoms with Gasteiger partial charge in [-0.25, -0.2) is 0 Å². The number of carbonyl (C=O) groups excluding carboxylic acids is 1. The van der Waals surface area contributed by atoms with Gasteiger partial charge in [0, 0.05) is 17.7 Å². The van der Waals surface area contributed by atoms with Crippen LogP contribution in [0.3, 0.4) is 0 Å². The number of benzene rings is 2. The first kappa shape index (κ1) is 17.5. The number of carbonyl (C=O) groups is 1. The van der Waals surface area contributed by atoms with Gasteiger partial charge in [0.25, 0.3) is 5.91 Å². The van der Waals surface area contributed by atoms with Crippen molar-refractivity contribution in [2.75, 3.05) is 33.4 Å². The Hall–Kier alpha value is -2.37. The smallest absolute Gasteiger partial charge is 0.251 e. The zero-order valence-corrected chi connectivity index (χ0v) is 14.6. The van der Waals surface area contributed by atoms with Gasteiger partial charge in [0.15, 0.2) is 0 Å². The third-order valence-corrected chi connectivity index (χ3v) is 4.48. The van der Waals surface area contributed by atoms with Gasteiger partial charge in [-0.2, -0.15) is 0 Å². The maximum atomic E-state index is 12.3. The van der Waals surface area contributed by atoms with Crippen molar-refractivity contribution in [1.82, 2.24) is 5.32 Å². The zero-order chi connectivity index (χ0) is 17.5. The molecule has 2 aromatic carbocycles. The number of nitrogens with one attached hydrogen (secondary N) is 2. The number of hydrogen-bond donors (Lipinski definition) is 2. The molecule has 0 aromatic heterocycles. The van der Waals surface area contributed by atoms with E-state index in [0.717, 1.165) is 44.2 Å². The summed E-state index contributed by atoms with van der Waals surface area (Å²) < 4.78 is 10.5. The van der Waals surface area contributed by atoms with Crippen molar-refractivity contribution in [3.63, 3.8) is 0 Å². The Morgan fingerprint density at radius 1 is 1.04 bits per heavy atom. The summed E-state index contributed by atoms with van der Waals surface area (Å²) in [6, 6.07) is 15.6. The molecule has 0 aliphatic carbocycles. The second kappa shape index (κ2) is 8.65. The summed E-state index contributed by atoms with van der Waals surface area (Å²) in [5.41, 5.74) is 2.99. The van der Waals surface area contributed by atoms with Crippen molar-refractivity contribution in [3.8, 4) is 5.75 Å². The predicted octanol–water partition coefficient (Wildman–Crippen LogP) is 1.04. The first-order valence-electron chi connectivity index (χ1n) is 8.66. The standard InChI is InChI=1S/C20H24N2O3/c1-24-19-8-4-16(5-9-19)14-21-20(23)18-6-2-17(3-7-18)15-22-10-12-25-13-11-22/h2-9H,10-15H2,1H3,(H,21,23)/p+1. The van der Waals surface area contributed by atoms with Crippen LogP contribution in [0.25, 0.3) is 0 Å². The minimum Gasteiger partial charge on any atom is -0.497 e. The first-order valence-corrected chi connectivity index (χ1v) is 8.66. The molecule has 25 heavy (non-hydrogen) atoms. The van der Waals surface area contributed by atoms with Crippen LogP contribution in [0.1, 0.15) is 21.5 Å². The molecule has 1 aliphatic heterocycles. The average molecular weight is 341 g/mol. The lowest BCUT2D eigenvalue weighted by Gasteiger charge is -2.23. The molecular weight excluding hydrogens is 316 g/mol. The molecule has 1 aliphatic rings. The highest BCUT2D eigenvalue weighted by molar-refractivity contribution is 5.94. The van der Waals surface area contributed by atoms with Crippen molar-refractivity contribution in [2.45, 2.75) is 13.1 Å². The van der Waals surface area contributed by atoms with E-state index in [2.05, 4.69) is 5.32 Å². The van der Waals surface area contributed by atoms with Crippen molar-refractivity contribution in [2.24, 2.45) is 0 Å². The van der Waals surface area contributed by atoms with E-state index in [1.165, 1.54) is 10.5 Å². The number of methoxy groups -OCH3 is 1. The lowest BCUT2D eigenvalue weighted by atomic mass is 10.1. The fourth-order valence-electron chi connectivity index (χ4n) is 2.93. The second-order valence-electron chi connectivity index (χ2n) is 6.27. The van der Waals surface area contributed by atoms with Gasteiger partial charge in [0.05, 0.1) is 20.3 Å². The molecule has 1 fully saturated rings. The lowest BCUT2D eigenvalue weighted by molar-refractivity contribution is -0.921. The van der Waals surface area contributed by atoms with E-state index >= 15 is 0 Å². The molecule has 5 heteroatoms. The summed E-state index contributed by atoms with van der Waals surface area (Å²) >= 11 is 0. The highest BCUT2D eigenvalue weighted by Gasteiger charge is 2.14. The number of ether oxygens (including phenoxy) is 2. The molecule has 1 heterocycles. The minimum atomic E-state index is -0.0545. The Bertz CT molecular complexity index is 677. The van der Waals surface area contributed by atoms with E-state index in [1.54, 1.807) is 7.11 Å². The molecular formula is C20H25N2O3+. The molecule has 0 spiro atoms. The number of quaternary nitrogens is 1. The molecule has 5 nitrogen and oxygen atoms in total. The maximum Gasteiger partial charge on any atom is 0.251 e. The van der Waals surface area contributed by atoms with Gasteiger partial charge in [-0.1, -0.05) is 24.3 Å². The summed E-state index contributed by atoms with van der Waals surface area (Å²) in [4.78, 5) is 13.8. The van der Waals surface area contributed by atoms with Gasteiger partial charge in [-0.05, 0) is 29.8 Å². The predicted molar refractivity (Wildman–Crippen MR) is 95.8 cm³/mol. The van der Waals surface area contributed by atoms with Gasteiger partial charge < -0.3 is 19.7 Å². The lowest BCUT2D eigenvalue weighted by Crippen LogP contribution is -3.12. The SMILES string of the molecule is COc1ccc(CNC(=O)c2ccc(C[NH+]3CCOCC3)cc2)cc1. The molecule has 0 radical (unpaired) electrons. The van der Waals surface area contributed by atoms with Crippen LogP contribution in [-0.4, -0.2) is 39.3 Å². The number of rotatable bonds is 6. The highest BCUT2D eigenvalue weighted by Crippen LogP contribution is 2.11. The minimum absolute atomic E-state index is 0.0545. The molecule has 2 aromatic rings. The monoisotopic (exact) mass is 341 g/mol. The topological polar surface area (TPSA) is 52.0 Å². The fourth-order valence-corrected chi connectivity index (χ4v) is 2.93. The van der Waals surface area contributed by atoms with E-state index in [9.17, 15) is 4.79 Å². The van der Waals surface area contributed by atoms with Gasteiger partial charge in [0.2, 0.25) is 0 Å². The van der Waals surface area contributed by atoms with Crippen LogP contribution >= 0.6 is 0 Å². The molecule has 0 saturated carbocycles. The highest BCUT2D eigenvalue weighted by atomic mass is 16.5. The summed E-state index contributed by atoms with van der Waals surface area (Å²) in [5.74, 6) is 0.758. The summed E-state index contributed by atoms with van der Waals surface area (Å²) in [5, 5.41) is 2.95. The van der Waals surface area contributed by atoms with Gasteiger partial charge in [0.1, 0.15) is 25.4 Å². The molecule has 1 amide bonds. The number of morpholine rings is 1. The van der Waals surface area contributed by atoms with E-state index in [4.69, 9.17) is 9.47 Å². The third kappa shape index (κ3) is 5.05. The molecule has 2 N–H and O–H groups in total. The van der Waals surface area contributed by atoms with Gasteiger partial charge in [-0.3, -0.25) is 4.79 Å². The quantitative estimate of drug-likeness (QED) is 0.826. The molecule has 0 bridgehead atoms. The average Bonchev–Trinajstić information content (AvgIpc) is 2.68. The van der Waals surface area contributed by atoms with Crippen molar-refractivity contribution < 1.29 is 19.2 Å². The third-order valence-electron chi connectivity index (χ3n) is 4.48. The Labute approximate surface area is 148 Å². The van der Waals surface area contributed by atoms with Crippen molar-refractivity contribution in [3.05, 3.63) is 65.2 Å². The van der Waals surface area contributed by atoms with Crippen LogP contribution in [0, 0.1) is 0 Å². The van der Waals surface area contributed by atoms with Crippen LogP contribution < -0.4 is 15.0 Å². The first-order chi connectivity index (χ1) is 12.2. The Morgan fingerprint density at radius 2 is 1.68 bits per heavy atom.